The molecule has 124 valence electrons. The number of halogens is 1. The predicted octanol–water partition coefficient (Wildman–Crippen LogP) is 4.46. The van der Waals surface area contributed by atoms with Crippen molar-refractivity contribution in [1.82, 2.24) is 10.1 Å². The maximum atomic E-state index is 12.8. The molecule has 0 atom stereocenters. The van der Waals surface area contributed by atoms with E-state index in [1.165, 1.54) is 0 Å². The normalized spacial score (nSPS) is 11.2. The number of amides is 1. The van der Waals surface area contributed by atoms with Gasteiger partial charge in [-0.1, -0.05) is 41.0 Å². The first kappa shape index (κ1) is 16.5. The van der Waals surface area contributed by atoms with E-state index in [2.05, 4.69) is 5.16 Å². The summed E-state index contributed by atoms with van der Waals surface area (Å²) in [5, 5.41) is 5.61. The highest BCUT2D eigenvalue weighted by Gasteiger charge is 2.20. The second kappa shape index (κ2) is 7.05. The van der Waals surface area contributed by atoms with Crippen molar-refractivity contribution in [2.75, 3.05) is 0 Å². The number of para-hydroxylation sites is 1. The average Bonchev–Trinajstić information content (AvgIpc) is 2.95. The summed E-state index contributed by atoms with van der Waals surface area (Å²) in [6, 6.07) is 15.2. The Balaban J connectivity index is 1.79. The van der Waals surface area contributed by atoms with Gasteiger partial charge in [-0.3, -0.25) is 4.79 Å². The molecule has 0 spiro atoms. The minimum absolute atomic E-state index is 0.0176. The average molecular weight is 343 g/mol. The Labute approximate surface area is 146 Å². The Bertz CT molecular complexity index is 857. The van der Waals surface area contributed by atoms with Crippen LogP contribution in [0.2, 0.25) is 5.02 Å². The summed E-state index contributed by atoms with van der Waals surface area (Å²) in [6.45, 7) is 4.53. The quantitative estimate of drug-likeness (QED) is 0.687. The number of aromatic nitrogens is 1. The first-order chi connectivity index (χ1) is 11.5. The zero-order valence-electron chi connectivity index (χ0n) is 13.7. The van der Waals surface area contributed by atoms with Crippen molar-refractivity contribution in [2.24, 2.45) is 0 Å². The van der Waals surface area contributed by atoms with Gasteiger partial charge >= 0.3 is 0 Å². The van der Waals surface area contributed by atoms with E-state index in [0.717, 1.165) is 10.9 Å². The third kappa shape index (κ3) is 3.60. The third-order valence-electron chi connectivity index (χ3n) is 3.96. The van der Waals surface area contributed by atoms with Crippen LogP contribution >= 0.6 is 11.6 Å². The van der Waals surface area contributed by atoms with Gasteiger partial charge in [-0.25, -0.2) is 0 Å². The first-order valence-corrected chi connectivity index (χ1v) is 8.29. The molecule has 0 aliphatic rings. The van der Waals surface area contributed by atoms with E-state index < -0.39 is 0 Å². The Morgan fingerprint density at radius 2 is 2.00 bits per heavy atom. The lowest BCUT2D eigenvalue weighted by molar-refractivity contribution is -0.132. The molecule has 0 aliphatic heterocycles. The van der Waals surface area contributed by atoms with Gasteiger partial charge < -0.3 is 9.42 Å². The van der Waals surface area contributed by atoms with E-state index in [9.17, 15) is 4.79 Å². The molecule has 1 heterocycles. The molecular formula is C19H19ClN2O2. The van der Waals surface area contributed by atoms with Gasteiger partial charge in [0, 0.05) is 23.0 Å². The molecule has 3 rings (SSSR count). The third-order valence-corrected chi connectivity index (χ3v) is 4.19. The van der Waals surface area contributed by atoms with Crippen molar-refractivity contribution in [1.29, 1.82) is 0 Å². The van der Waals surface area contributed by atoms with Gasteiger partial charge in [0.05, 0.1) is 6.42 Å². The summed E-state index contributed by atoms with van der Waals surface area (Å²) in [6.07, 6.45) is 0.218. The van der Waals surface area contributed by atoms with Crippen LogP contribution in [0.25, 0.3) is 11.0 Å². The van der Waals surface area contributed by atoms with Crippen molar-refractivity contribution in [3.63, 3.8) is 0 Å². The van der Waals surface area contributed by atoms with Gasteiger partial charge in [0.15, 0.2) is 5.58 Å². The van der Waals surface area contributed by atoms with Gasteiger partial charge in [0.25, 0.3) is 0 Å². The molecule has 0 aliphatic carbocycles. The van der Waals surface area contributed by atoms with E-state index >= 15 is 0 Å². The molecule has 4 nitrogen and oxygen atoms in total. The summed E-state index contributed by atoms with van der Waals surface area (Å²) in [4.78, 5) is 14.6. The van der Waals surface area contributed by atoms with Crippen LogP contribution in [0.3, 0.4) is 0 Å². The highest BCUT2D eigenvalue weighted by Crippen LogP contribution is 2.20. The second-order valence-corrected chi connectivity index (χ2v) is 6.48. The summed E-state index contributed by atoms with van der Waals surface area (Å²) in [5.74, 6) is 0.0176. The number of hydrogen-bond donors (Lipinski definition) is 0. The van der Waals surface area contributed by atoms with Crippen LogP contribution in [-0.4, -0.2) is 22.0 Å². The van der Waals surface area contributed by atoms with Gasteiger partial charge in [-0.2, -0.15) is 0 Å². The summed E-state index contributed by atoms with van der Waals surface area (Å²) >= 11 is 6.04. The highest BCUT2D eigenvalue weighted by molar-refractivity contribution is 6.30. The van der Waals surface area contributed by atoms with E-state index in [1.807, 2.05) is 67.3 Å². The lowest BCUT2D eigenvalue weighted by atomic mass is 10.1. The Hall–Kier alpha value is -2.33. The van der Waals surface area contributed by atoms with Gasteiger partial charge in [0.2, 0.25) is 5.91 Å². The molecule has 0 fully saturated rings. The summed E-state index contributed by atoms with van der Waals surface area (Å²) in [7, 11) is 0. The molecular weight excluding hydrogens is 324 g/mol. The molecule has 0 N–H and O–H groups in total. The first-order valence-electron chi connectivity index (χ1n) is 7.92. The summed E-state index contributed by atoms with van der Waals surface area (Å²) in [5.41, 5.74) is 2.38. The van der Waals surface area contributed by atoms with Crippen LogP contribution in [0, 0.1) is 0 Å². The summed E-state index contributed by atoms with van der Waals surface area (Å²) < 4.78 is 5.29. The minimum Gasteiger partial charge on any atom is -0.356 e. The van der Waals surface area contributed by atoms with Gasteiger partial charge in [-0.05, 0) is 43.7 Å². The zero-order valence-corrected chi connectivity index (χ0v) is 14.5. The molecule has 3 aromatic rings. The van der Waals surface area contributed by atoms with Crippen molar-refractivity contribution < 1.29 is 9.32 Å². The van der Waals surface area contributed by atoms with Crippen LogP contribution in [0.4, 0.5) is 0 Å². The monoisotopic (exact) mass is 342 g/mol. The topological polar surface area (TPSA) is 46.3 Å². The van der Waals surface area contributed by atoms with Crippen molar-refractivity contribution >= 4 is 28.5 Å². The number of benzene rings is 2. The van der Waals surface area contributed by atoms with Crippen LogP contribution in [0.1, 0.15) is 25.1 Å². The second-order valence-electron chi connectivity index (χ2n) is 6.05. The van der Waals surface area contributed by atoms with Crippen molar-refractivity contribution in [3.05, 3.63) is 64.8 Å². The van der Waals surface area contributed by atoms with E-state index in [-0.39, 0.29) is 18.4 Å². The molecule has 0 unspecified atom stereocenters. The molecule has 0 radical (unpaired) electrons. The number of fused-ring (bicyclic) bond motifs is 1. The van der Waals surface area contributed by atoms with Crippen LogP contribution in [0.15, 0.2) is 53.1 Å². The number of nitrogens with zero attached hydrogens (tertiary/aromatic N) is 2. The minimum atomic E-state index is 0.0176. The fourth-order valence-electron chi connectivity index (χ4n) is 2.70. The predicted molar refractivity (Wildman–Crippen MR) is 94.9 cm³/mol. The van der Waals surface area contributed by atoms with Crippen LogP contribution in [0.5, 0.6) is 0 Å². The lowest BCUT2D eigenvalue weighted by Crippen LogP contribution is -2.37. The number of carbonyl (C=O) groups is 1. The highest BCUT2D eigenvalue weighted by atomic mass is 35.5. The fourth-order valence-corrected chi connectivity index (χ4v) is 2.91. The van der Waals surface area contributed by atoms with Crippen molar-refractivity contribution in [3.8, 4) is 0 Å². The lowest BCUT2D eigenvalue weighted by Gasteiger charge is -2.26. The molecule has 1 amide bonds. The maximum Gasteiger partial charge on any atom is 0.229 e. The van der Waals surface area contributed by atoms with E-state index in [1.54, 1.807) is 0 Å². The Kier molecular flexibility index (Phi) is 4.86. The van der Waals surface area contributed by atoms with E-state index in [4.69, 9.17) is 16.1 Å². The molecule has 5 heteroatoms. The Morgan fingerprint density at radius 1 is 1.21 bits per heavy atom. The molecule has 0 bridgehead atoms. The Morgan fingerprint density at radius 3 is 2.75 bits per heavy atom. The molecule has 0 saturated carbocycles. The van der Waals surface area contributed by atoms with Gasteiger partial charge in [-0.15, -0.1) is 0 Å². The molecule has 0 saturated heterocycles. The molecule has 2 aromatic carbocycles. The standard InChI is InChI=1S/C19H19ClN2O2/c1-13(2)22(12-14-6-5-7-15(20)10-14)19(23)11-17-16-8-3-4-9-18(16)24-21-17/h3-10,13H,11-12H2,1-2H3. The number of hydrogen-bond acceptors (Lipinski definition) is 3. The van der Waals surface area contributed by atoms with E-state index in [0.29, 0.717) is 22.8 Å². The van der Waals surface area contributed by atoms with Crippen LogP contribution < -0.4 is 0 Å². The smallest absolute Gasteiger partial charge is 0.229 e. The fraction of sp³-hybridized carbons (Fsp3) is 0.263. The zero-order chi connectivity index (χ0) is 17.1. The molecule has 24 heavy (non-hydrogen) atoms. The van der Waals surface area contributed by atoms with Crippen molar-refractivity contribution in [2.45, 2.75) is 32.9 Å². The molecule has 1 aromatic heterocycles. The SMILES string of the molecule is CC(C)N(Cc1cccc(Cl)c1)C(=O)Cc1noc2ccccc12. The number of rotatable bonds is 5. The van der Waals surface area contributed by atoms with Gasteiger partial charge in [0.1, 0.15) is 5.69 Å². The maximum absolute atomic E-state index is 12.8. The van der Waals surface area contributed by atoms with Crippen LogP contribution in [-0.2, 0) is 17.8 Å². The largest absolute Gasteiger partial charge is 0.356 e. The number of carbonyl (C=O) groups excluding carboxylic acids is 1.